The van der Waals surface area contributed by atoms with Gasteiger partial charge in [0.25, 0.3) is 0 Å². The molecule has 0 amide bonds. The molecule has 0 spiro atoms. The lowest BCUT2D eigenvalue weighted by atomic mass is 9.90. The van der Waals surface area contributed by atoms with Gasteiger partial charge in [0.2, 0.25) is 0 Å². The van der Waals surface area contributed by atoms with Crippen molar-refractivity contribution in [3.8, 4) is 0 Å². The molecule has 25 heavy (non-hydrogen) atoms. The van der Waals surface area contributed by atoms with Crippen molar-refractivity contribution in [1.82, 2.24) is 5.32 Å². The van der Waals surface area contributed by atoms with Crippen LogP contribution in [0.25, 0.3) is 5.57 Å². The van der Waals surface area contributed by atoms with Gasteiger partial charge in [-0.05, 0) is 30.2 Å². The number of hydrogen-bond acceptors (Lipinski definition) is 4. The van der Waals surface area contributed by atoms with E-state index < -0.39 is 0 Å². The Morgan fingerprint density at radius 3 is 2.44 bits per heavy atom. The van der Waals surface area contributed by atoms with Crippen LogP contribution in [0.5, 0.6) is 0 Å². The van der Waals surface area contributed by atoms with Gasteiger partial charge in [-0.15, -0.1) is 0 Å². The number of fused-ring (bicyclic) bond motifs is 3. The van der Waals surface area contributed by atoms with Crippen LogP contribution < -0.4 is 15.1 Å². The number of rotatable bonds is 2. The third-order valence-electron chi connectivity index (χ3n) is 4.66. The van der Waals surface area contributed by atoms with Crippen LogP contribution in [0.2, 0.25) is 0 Å². The zero-order chi connectivity index (χ0) is 18.1. The topological polar surface area (TPSA) is 18.5 Å². The van der Waals surface area contributed by atoms with Gasteiger partial charge < -0.3 is 15.1 Å². The number of thioether (sulfide) groups is 1. The molecule has 3 nitrogen and oxygen atoms in total. The lowest BCUT2D eigenvalue weighted by Gasteiger charge is -2.43. The second-order valence-electron chi connectivity index (χ2n) is 6.20. The smallest absolute Gasteiger partial charge is 0.147 e. The van der Waals surface area contributed by atoms with E-state index in [1.807, 2.05) is 26.8 Å². The molecule has 0 aromatic heterocycles. The van der Waals surface area contributed by atoms with Crippen molar-refractivity contribution in [1.29, 1.82) is 0 Å². The molecule has 1 aromatic rings. The largest absolute Gasteiger partial charge is 0.367 e. The number of halogens is 1. The van der Waals surface area contributed by atoms with Crippen molar-refractivity contribution >= 4 is 28.7 Å². The normalized spacial score (nSPS) is 18.8. The number of hydrogen-bond donors (Lipinski definition) is 1. The summed E-state index contributed by atoms with van der Waals surface area (Å²) in [7, 11) is 0. The highest BCUT2D eigenvalue weighted by Crippen LogP contribution is 2.52. The molecular weight excluding hydrogens is 333 g/mol. The second kappa shape index (κ2) is 7.26. The number of piperazine rings is 1. The lowest BCUT2D eigenvalue weighted by Crippen LogP contribution is -2.44. The number of benzene rings is 1. The van der Waals surface area contributed by atoms with E-state index in [2.05, 4.69) is 28.3 Å². The number of nitrogens with one attached hydrogen (secondary N) is 1. The number of allylic oxidation sites excluding steroid dienone is 3. The van der Waals surface area contributed by atoms with Crippen molar-refractivity contribution in [3.05, 3.63) is 52.8 Å². The predicted molar refractivity (Wildman–Crippen MR) is 109 cm³/mol. The molecule has 2 fully saturated rings. The fraction of sp³-hybridized carbons (Fsp3) is 0.400. The molecule has 2 saturated heterocycles. The summed E-state index contributed by atoms with van der Waals surface area (Å²) in [5.74, 6) is 0.739. The van der Waals surface area contributed by atoms with Crippen LogP contribution >= 0.6 is 11.8 Å². The third-order valence-corrected chi connectivity index (χ3v) is 5.74. The standard InChI is InChI=1S/C18H20FN3S.C2H6/c1-11(2)17-12(3)13-8-14(19)16(21-6-4-20-5-7-21)9-15(13)22-10-23-18(17)22;1-2/h8-9,20H,1,3-7,10H2,2H3;1-2H3. The van der Waals surface area contributed by atoms with Gasteiger partial charge in [-0.25, -0.2) is 4.39 Å². The van der Waals surface area contributed by atoms with E-state index >= 15 is 0 Å². The van der Waals surface area contributed by atoms with Gasteiger partial charge in [-0.3, -0.25) is 0 Å². The molecule has 0 bridgehead atoms. The minimum absolute atomic E-state index is 0.163. The Kier molecular flexibility index (Phi) is 5.25. The lowest BCUT2D eigenvalue weighted by molar-refractivity contribution is 0.566. The summed E-state index contributed by atoms with van der Waals surface area (Å²) < 4.78 is 14.7. The minimum atomic E-state index is -0.163. The average Bonchev–Trinajstić information content (AvgIpc) is 2.60. The summed E-state index contributed by atoms with van der Waals surface area (Å²) >= 11 is 1.81. The van der Waals surface area contributed by atoms with Crippen LogP contribution in [-0.2, 0) is 0 Å². The molecule has 3 aliphatic rings. The highest BCUT2D eigenvalue weighted by molar-refractivity contribution is 8.05. The molecule has 0 aliphatic carbocycles. The quantitative estimate of drug-likeness (QED) is 0.832. The van der Waals surface area contributed by atoms with Gasteiger partial charge in [-0.2, -0.15) is 0 Å². The van der Waals surface area contributed by atoms with Crippen molar-refractivity contribution in [2.45, 2.75) is 20.8 Å². The summed E-state index contributed by atoms with van der Waals surface area (Å²) in [5, 5.41) is 4.51. The van der Waals surface area contributed by atoms with Gasteiger partial charge in [-0.1, -0.05) is 38.8 Å². The average molecular weight is 360 g/mol. The maximum Gasteiger partial charge on any atom is 0.147 e. The van der Waals surface area contributed by atoms with Gasteiger partial charge in [0, 0.05) is 37.3 Å². The Labute approximate surface area is 154 Å². The number of nitrogens with zero attached hydrogens (tertiary/aromatic N) is 2. The van der Waals surface area contributed by atoms with E-state index in [-0.39, 0.29) is 5.82 Å². The molecule has 3 heterocycles. The van der Waals surface area contributed by atoms with Crippen LogP contribution in [0.15, 0.2) is 41.5 Å². The number of anilines is 2. The van der Waals surface area contributed by atoms with Gasteiger partial charge in [0.15, 0.2) is 0 Å². The first-order chi connectivity index (χ1) is 12.1. The molecule has 0 unspecified atom stereocenters. The summed E-state index contributed by atoms with van der Waals surface area (Å²) in [6.45, 7) is 17.7. The third kappa shape index (κ3) is 3.00. The molecule has 134 valence electrons. The molecule has 3 aliphatic heterocycles. The van der Waals surface area contributed by atoms with Crippen LogP contribution in [0.1, 0.15) is 26.3 Å². The summed E-state index contributed by atoms with van der Waals surface area (Å²) in [6, 6.07) is 3.65. The summed E-state index contributed by atoms with van der Waals surface area (Å²) in [6.07, 6.45) is 0. The SMILES string of the molecule is C=C(C)C1=C2SCN2c2cc(N3CCNCC3)c(F)cc2C1=C.CC. The first kappa shape index (κ1) is 18.1. The Hall–Kier alpha value is -1.72. The van der Waals surface area contributed by atoms with Crippen LogP contribution in [0.3, 0.4) is 0 Å². The van der Waals surface area contributed by atoms with Gasteiger partial charge >= 0.3 is 0 Å². The molecule has 4 rings (SSSR count). The maximum absolute atomic E-state index is 14.7. The van der Waals surface area contributed by atoms with Crippen LogP contribution in [0, 0.1) is 5.82 Å². The minimum Gasteiger partial charge on any atom is -0.367 e. The van der Waals surface area contributed by atoms with E-state index in [4.69, 9.17) is 0 Å². The van der Waals surface area contributed by atoms with Crippen molar-refractivity contribution in [2.75, 3.05) is 41.9 Å². The molecule has 5 heteroatoms. The first-order valence-corrected chi connectivity index (χ1v) is 9.86. The van der Waals surface area contributed by atoms with E-state index in [0.717, 1.165) is 60.0 Å². The highest BCUT2D eigenvalue weighted by atomic mass is 32.2. The van der Waals surface area contributed by atoms with Gasteiger partial charge in [0.1, 0.15) is 5.82 Å². The monoisotopic (exact) mass is 359 g/mol. The summed E-state index contributed by atoms with van der Waals surface area (Å²) in [5.41, 5.74) is 5.61. The van der Waals surface area contributed by atoms with E-state index in [0.29, 0.717) is 5.69 Å². The molecule has 0 atom stereocenters. The van der Waals surface area contributed by atoms with Gasteiger partial charge in [0.05, 0.1) is 22.3 Å². The molecule has 1 aromatic carbocycles. The second-order valence-corrected chi connectivity index (χ2v) is 7.13. The van der Waals surface area contributed by atoms with Crippen molar-refractivity contribution < 1.29 is 4.39 Å². The molecule has 0 radical (unpaired) electrons. The molecule has 0 saturated carbocycles. The van der Waals surface area contributed by atoms with Crippen LogP contribution in [-0.4, -0.2) is 32.1 Å². The summed E-state index contributed by atoms with van der Waals surface area (Å²) in [4.78, 5) is 4.38. The Bertz CT molecular complexity index is 748. The van der Waals surface area contributed by atoms with E-state index in [9.17, 15) is 4.39 Å². The first-order valence-electron chi connectivity index (χ1n) is 8.87. The zero-order valence-corrected chi connectivity index (χ0v) is 16.1. The fourth-order valence-electron chi connectivity index (χ4n) is 3.45. The zero-order valence-electron chi connectivity index (χ0n) is 15.3. The molecular formula is C20H26FN3S. The Morgan fingerprint density at radius 2 is 1.88 bits per heavy atom. The van der Waals surface area contributed by atoms with Crippen molar-refractivity contribution in [2.24, 2.45) is 0 Å². The maximum atomic E-state index is 14.7. The predicted octanol–water partition coefficient (Wildman–Crippen LogP) is 4.59. The van der Waals surface area contributed by atoms with E-state index in [1.54, 1.807) is 17.8 Å². The van der Waals surface area contributed by atoms with Crippen molar-refractivity contribution in [3.63, 3.8) is 0 Å². The van der Waals surface area contributed by atoms with E-state index in [1.165, 1.54) is 5.03 Å². The Balaban J connectivity index is 0.000000880. The van der Waals surface area contributed by atoms with Crippen LogP contribution in [0.4, 0.5) is 15.8 Å². The molecule has 1 N–H and O–H groups in total. The Morgan fingerprint density at radius 1 is 1.20 bits per heavy atom. The fourth-order valence-corrected chi connectivity index (χ4v) is 4.51. The highest BCUT2D eigenvalue weighted by Gasteiger charge is 2.35.